The van der Waals surface area contributed by atoms with Crippen molar-refractivity contribution < 1.29 is 14.7 Å². The number of hydrogen-bond donors (Lipinski definition) is 2. The van der Waals surface area contributed by atoms with Gasteiger partial charge in [0.2, 0.25) is 11.8 Å². The summed E-state index contributed by atoms with van der Waals surface area (Å²) in [5, 5.41) is 9.24. The van der Waals surface area contributed by atoms with Gasteiger partial charge in [-0.3, -0.25) is 9.59 Å². The van der Waals surface area contributed by atoms with Crippen LogP contribution in [0.4, 0.5) is 0 Å². The van der Waals surface area contributed by atoms with Crippen LogP contribution in [-0.2, 0) is 9.59 Å². The molecule has 1 aromatic rings. The molecule has 1 aromatic carbocycles. The second kappa shape index (κ2) is 6.05. The fourth-order valence-electron chi connectivity index (χ4n) is 2.64. The standard InChI is InChI=1S/C15H20N2O3/c1-10-2-4-11(5-3-10)13(6-7-18)17-9-12(15(16)20)8-14(17)19/h2-5,12-13,18H,6-9H2,1H3,(H2,16,20). The minimum Gasteiger partial charge on any atom is -0.396 e. The number of aliphatic hydroxyl groups excluding tert-OH is 1. The van der Waals surface area contributed by atoms with Crippen LogP contribution in [0, 0.1) is 12.8 Å². The number of aliphatic hydroxyl groups is 1. The van der Waals surface area contributed by atoms with E-state index in [1.165, 1.54) is 0 Å². The van der Waals surface area contributed by atoms with Crippen LogP contribution in [0.3, 0.4) is 0 Å². The number of nitrogens with two attached hydrogens (primary N) is 1. The van der Waals surface area contributed by atoms with Gasteiger partial charge in [0, 0.05) is 19.6 Å². The summed E-state index contributed by atoms with van der Waals surface area (Å²) in [6.07, 6.45) is 0.628. The van der Waals surface area contributed by atoms with E-state index in [1.54, 1.807) is 4.90 Å². The summed E-state index contributed by atoms with van der Waals surface area (Å²) in [6, 6.07) is 7.68. The van der Waals surface area contributed by atoms with Gasteiger partial charge in [-0.1, -0.05) is 29.8 Å². The molecular weight excluding hydrogens is 256 g/mol. The van der Waals surface area contributed by atoms with Crippen molar-refractivity contribution in [2.75, 3.05) is 13.2 Å². The van der Waals surface area contributed by atoms with E-state index in [0.717, 1.165) is 11.1 Å². The predicted octanol–water partition coefficient (Wildman–Crippen LogP) is 0.752. The van der Waals surface area contributed by atoms with Crippen molar-refractivity contribution in [3.8, 4) is 0 Å². The molecule has 1 heterocycles. The lowest BCUT2D eigenvalue weighted by Crippen LogP contribution is -2.32. The molecule has 2 amide bonds. The van der Waals surface area contributed by atoms with Gasteiger partial charge in [-0.05, 0) is 18.9 Å². The third-order valence-electron chi connectivity index (χ3n) is 3.80. The van der Waals surface area contributed by atoms with Crippen molar-refractivity contribution in [1.29, 1.82) is 0 Å². The van der Waals surface area contributed by atoms with Crippen LogP contribution in [0.15, 0.2) is 24.3 Å². The van der Waals surface area contributed by atoms with Gasteiger partial charge < -0.3 is 15.7 Å². The molecule has 20 heavy (non-hydrogen) atoms. The normalized spacial score (nSPS) is 20.2. The second-order valence-electron chi connectivity index (χ2n) is 5.29. The molecule has 108 valence electrons. The van der Waals surface area contributed by atoms with Crippen LogP contribution in [0.1, 0.15) is 30.0 Å². The highest BCUT2D eigenvalue weighted by Gasteiger charge is 2.37. The molecular formula is C15H20N2O3. The average Bonchev–Trinajstić information content (AvgIpc) is 2.79. The number of hydrogen-bond acceptors (Lipinski definition) is 3. The SMILES string of the molecule is Cc1ccc(C(CCO)N2CC(C(N)=O)CC2=O)cc1. The van der Waals surface area contributed by atoms with E-state index >= 15 is 0 Å². The van der Waals surface area contributed by atoms with Gasteiger partial charge in [-0.15, -0.1) is 0 Å². The lowest BCUT2D eigenvalue weighted by molar-refractivity contribution is -0.130. The van der Waals surface area contributed by atoms with Crippen LogP contribution in [0.25, 0.3) is 0 Å². The predicted molar refractivity (Wildman–Crippen MR) is 74.6 cm³/mol. The fourth-order valence-corrected chi connectivity index (χ4v) is 2.64. The number of carbonyl (C=O) groups is 2. The fraction of sp³-hybridized carbons (Fsp3) is 0.467. The van der Waals surface area contributed by atoms with E-state index in [2.05, 4.69) is 0 Å². The number of nitrogens with zero attached hydrogens (tertiary/aromatic N) is 1. The quantitative estimate of drug-likeness (QED) is 0.832. The summed E-state index contributed by atoms with van der Waals surface area (Å²) >= 11 is 0. The zero-order chi connectivity index (χ0) is 14.7. The first kappa shape index (κ1) is 14.5. The topological polar surface area (TPSA) is 83.6 Å². The third kappa shape index (κ3) is 2.99. The molecule has 2 atom stereocenters. The minimum absolute atomic E-state index is 0.0104. The van der Waals surface area contributed by atoms with E-state index < -0.39 is 11.8 Å². The molecule has 0 aliphatic carbocycles. The highest BCUT2D eigenvalue weighted by atomic mass is 16.3. The first-order chi connectivity index (χ1) is 9.52. The van der Waals surface area contributed by atoms with Crippen molar-refractivity contribution >= 4 is 11.8 Å². The Morgan fingerprint density at radius 3 is 2.60 bits per heavy atom. The zero-order valence-electron chi connectivity index (χ0n) is 11.6. The Hall–Kier alpha value is -1.88. The Morgan fingerprint density at radius 1 is 1.45 bits per heavy atom. The maximum Gasteiger partial charge on any atom is 0.223 e. The van der Waals surface area contributed by atoms with Gasteiger partial charge >= 0.3 is 0 Å². The molecule has 0 aromatic heterocycles. The zero-order valence-corrected chi connectivity index (χ0v) is 11.6. The van der Waals surface area contributed by atoms with E-state index in [-0.39, 0.29) is 25.0 Å². The van der Waals surface area contributed by atoms with Crippen molar-refractivity contribution in [1.82, 2.24) is 4.90 Å². The smallest absolute Gasteiger partial charge is 0.223 e. The molecule has 5 heteroatoms. The van der Waals surface area contributed by atoms with Gasteiger partial charge in [0.15, 0.2) is 0 Å². The van der Waals surface area contributed by atoms with Crippen LogP contribution in [0.5, 0.6) is 0 Å². The van der Waals surface area contributed by atoms with Gasteiger partial charge in [-0.2, -0.15) is 0 Å². The van der Waals surface area contributed by atoms with Crippen LogP contribution >= 0.6 is 0 Å². The molecule has 1 saturated heterocycles. The Balaban J connectivity index is 2.22. The highest BCUT2D eigenvalue weighted by molar-refractivity contribution is 5.88. The number of benzene rings is 1. The number of aryl methyl sites for hydroxylation is 1. The molecule has 0 bridgehead atoms. The molecule has 2 rings (SSSR count). The lowest BCUT2D eigenvalue weighted by atomic mass is 10.0. The molecule has 0 saturated carbocycles. The molecule has 0 spiro atoms. The van der Waals surface area contributed by atoms with Gasteiger partial charge in [0.25, 0.3) is 0 Å². The molecule has 1 aliphatic heterocycles. The maximum atomic E-state index is 12.1. The first-order valence-electron chi connectivity index (χ1n) is 6.79. The highest BCUT2D eigenvalue weighted by Crippen LogP contribution is 2.31. The number of likely N-dealkylation sites (tertiary alicyclic amines) is 1. The van der Waals surface area contributed by atoms with Crippen LogP contribution in [0.2, 0.25) is 0 Å². The van der Waals surface area contributed by atoms with E-state index in [1.807, 2.05) is 31.2 Å². The number of primary amides is 1. The Labute approximate surface area is 118 Å². The van der Waals surface area contributed by atoms with E-state index in [0.29, 0.717) is 13.0 Å². The lowest BCUT2D eigenvalue weighted by Gasteiger charge is -2.28. The number of carbonyl (C=O) groups excluding carboxylic acids is 2. The van der Waals surface area contributed by atoms with Crippen LogP contribution < -0.4 is 5.73 Å². The van der Waals surface area contributed by atoms with Gasteiger partial charge in [-0.25, -0.2) is 0 Å². The summed E-state index contributed by atoms with van der Waals surface area (Å²) in [7, 11) is 0. The Morgan fingerprint density at radius 2 is 2.10 bits per heavy atom. The Bertz CT molecular complexity index is 498. The summed E-state index contributed by atoms with van der Waals surface area (Å²) in [5.41, 5.74) is 7.40. The van der Waals surface area contributed by atoms with Gasteiger partial charge in [0.05, 0.1) is 12.0 Å². The summed E-state index contributed by atoms with van der Waals surface area (Å²) in [5.74, 6) is -0.936. The minimum atomic E-state index is -0.437. The first-order valence-corrected chi connectivity index (χ1v) is 6.79. The molecule has 0 radical (unpaired) electrons. The molecule has 5 nitrogen and oxygen atoms in total. The summed E-state index contributed by atoms with van der Waals surface area (Å²) in [4.78, 5) is 25.0. The monoisotopic (exact) mass is 276 g/mol. The summed E-state index contributed by atoms with van der Waals surface area (Å²) < 4.78 is 0. The van der Waals surface area contributed by atoms with Crippen molar-refractivity contribution in [2.24, 2.45) is 11.7 Å². The van der Waals surface area contributed by atoms with Crippen molar-refractivity contribution in [2.45, 2.75) is 25.8 Å². The van der Waals surface area contributed by atoms with Crippen molar-refractivity contribution in [3.05, 3.63) is 35.4 Å². The number of rotatable bonds is 5. The van der Waals surface area contributed by atoms with E-state index in [4.69, 9.17) is 5.73 Å². The van der Waals surface area contributed by atoms with Crippen LogP contribution in [-0.4, -0.2) is 35.0 Å². The molecule has 1 aliphatic rings. The van der Waals surface area contributed by atoms with Crippen molar-refractivity contribution in [3.63, 3.8) is 0 Å². The molecule has 1 fully saturated rings. The Kier molecular flexibility index (Phi) is 4.39. The van der Waals surface area contributed by atoms with E-state index in [9.17, 15) is 14.7 Å². The van der Waals surface area contributed by atoms with Gasteiger partial charge in [0.1, 0.15) is 0 Å². The number of amides is 2. The maximum absolute atomic E-state index is 12.1. The largest absolute Gasteiger partial charge is 0.396 e. The molecule has 3 N–H and O–H groups in total. The molecule has 2 unspecified atom stereocenters. The second-order valence-corrected chi connectivity index (χ2v) is 5.29. The summed E-state index contributed by atoms with van der Waals surface area (Å²) in [6.45, 7) is 2.32. The average molecular weight is 276 g/mol. The third-order valence-corrected chi connectivity index (χ3v) is 3.80.